The summed E-state index contributed by atoms with van der Waals surface area (Å²) in [4.78, 5) is 26.2. The van der Waals surface area contributed by atoms with Crippen LogP contribution in [0.4, 0.5) is 5.69 Å². The maximum Gasteiger partial charge on any atom is 0.230 e. The molecule has 5 rings (SSSR count). The minimum Gasteiger partial charge on any atom is -0.464 e. The van der Waals surface area contributed by atoms with Crippen LogP contribution in [-0.2, 0) is 11.2 Å². The summed E-state index contributed by atoms with van der Waals surface area (Å²) in [6, 6.07) is 20.1. The quantitative estimate of drug-likeness (QED) is 0.281. The van der Waals surface area contributed by atoms with Crippen LogP contribution in [0.2, 0.25) is 0 Å². The Morgan fingerprint density at radius 1 is 0.938 bits per heavy atom. The Morgan fingerprint density at radius 3 is 2.53 bits per heavy atom. The lowest BCUT2D eigenvalue weighted by Crippen LogP contribution is -2.16. The molecule has 5 aromatic rings. The standard InChI is InChI=1S/C26H18BrNO4/c1-15-6-11-19-17(14-31-22(19)12-15)13-23(29)28-24-20-4-2-3-5-21(20)32-26(24)25(30)16-7-9-18(27)10-8-16/h2-12,14H,13H2,1H3,(H,28,29). The van der Waals surface area contributed by atoms with Gasteiger partial charge in [0.2, 0.25) is 11.7 Å². The zero-order valence-electron chi connectivity index (χ0n) is 17.1. The summed E-state index contributed by atoms with van der Waals surface area (Å²) in [6.45, 7) is 1.99. The number of furan rings is 2. The number of amides is 1. The third-order valence-electron chi connectivity index (χ3n) is 5.33. The highest BCUT2D eigenvalue weighted by Gasteiger charge is 2.24. The molecule has 0 atom stereocenters. The van der Waals surface area contributed by atoms with Crippen LogP contribution in [0.25, 0.3) is 21.9 Å². The SMILES string of the molecule is Cc1ccc2c(CC(=O)Nc3c(C(=O)c4ccc(Br)cc4)oc4ccccc34)coc2c1. The molecule has 0 fully saturated rings. The van der Waals surface area contributed by atoms with Crippen molar-refractivity contribution in [2.45, 2.75) is 13.3 Å². The van der Waals surface area contributed by atoms with Crippen LogP contribution in [0, 0.1) is 6.92 Å². The fourth-order valence-corrected chi connectivity index (χ4v) is 4.01. The second-order valence-corrected chi connectivity index (χ2v) is 8.54. The average molecular weight is 488 g/mol. The first-order chi connectivity index (χ1) is 15.5. The van der Waals surface area contributed by atoms with E-state index < -0.39 is 0 Å². The molecule has 0 radical (unpaired) electrons. The van der Waals surface area contributed by atoms with Crippen molar-refractivity contribution in [3.63, 3.8) is 0 Å². The van der Waals surface area contributed by atoms with Gasteiger partial charge >= 0.3 is 0 Å². The van der Waals surface area contributed by atoms with Gasteiger partial charge in [0.25, 0.3) is 0 Å². The lowest BCUT2D eigenvalue weighted by Gasteiger charge is -2.06. The van der Waals surface area contributed by atoms with Gasteiger partial charge in [-0.1, -0.05) is 40.2 Å². The number of anilines is 1. The van der Waals surface area contributed by atoms with E-state index in [0.29, 0.717) is 22.2 Å². The average Bonchev–Trinajstić information content (AvgIpc) is 3.35. The minimum atomic E-state index is -0.298. The van der Waals surface area contributed by atoms with E-state index in [1.54, 1.807) is 36.6 Å². The summed E-state index contributed by atoms with van der Waals surface area (Å²) in [6.07, 6.45) is 1.71. The predicted molar refractivity (Wildman–Crippen MR) is 127 cm³/mol. The molecule has 0 spiro atoms. The van der Waals surface area contributed by atoms with Crippen LogP contribution < -0.4 is 5.32 Å². The first-order valence-electron chi connectivity index (χ1n) is 10.1. The van der Waals surface area contributed by atoms with Crippen molar-refractivity contribution in [3.8, 4) is 0 Å². The Hall–Kier alpha value is -3.64. The largest absolute Gasteiger partial charge is 0.464 e. The minimum absolute atomic E-state index is 0.106. The van der Waals surface area contributed by atoms with E-state index in [4.69, 9.17) is 8.83 Å². The highest BCUT2D eigenvalue weighted by Crippen LogP contribution is 2.33. The van der Waals surface area contributed by atoms with Crippen molar-refractivity contribution >= 4 is 55.2 Å². The molecular formula is C26H18BrNO4. The van der Waals surface area contributed by atoms with Crippen LogP contribution in [0.3, 0.4) is 0 Å². The van der Waals surface area contributed by atoms with E-state index in [9.17, 15) is 9.59 Å². The Balaban J connectivity index is 1.48. The summed E-state index contributed by atoms with van der Waals surface area (Å²) in [5.41, 5.74) is 4.00. The molecule has 32 heavy (non-hydrogen) atoms. The van der Waals surface area contributed by atoms with Gasteiger partial charge in [-0.15, -0.1) is 0 Å². The number of hydrogen-bond donors (Lipinski definition) is 1. The number of benzene rings is 3. The Morgan fingerprint density at radius 2 is 1.72 bits per heavy atom. The van der Waals surface area contributed by atoms with Crippen LogP contribution in [0.1, 0.15) is 27.2 Å². The van der Waals surface area contributed by atoms with Crippen molar-refractivity contribution in [2.24, 2.45) is 0 Å². The highest BCUT2D eigenvalue weighted by molar-refractivity contribution is 9.10. The lowest BCUT2D eigenvalue weighted by molar-refractivity contribution is -0.115. The second kappa shape index (κ2) is 8.13. The number of fused-ring (bicyclic) bond motifs is 2. The number of aryl methyl sites for hydroxylation is 1. The van der Waals surface area contributed by atoms with Gasteiger partial charge in [-0.2, -0.15) is 0 Å². The molecule has 2 heterocycles. The normalized spacial score (nSPS) is 11.2. The molecule has 0 bridgehead atoms. The summed E-state index contributed by atoms with van der Waals surface area (Å²) >= 11 is 3.38. The Kier molecular flexibility index (Phi) is 5.15. The summed E-state index contributed by atoms with van der Waals surface area (Å²) in [5.74, 6) is -0.451. The third-order valence-corrected chi connectivity index (χ3v) is 5.86. The molecule has 0 aliphatic carbocycles. The molecule has 0 saturated heterocycles. The first kappa shape index (κ1) is 20.3. The Labute approximate surface area is 192 Å². The number of hydrogen-bond acceptors (Lipinski definition) is 4. The number of para-hydroxylation sites is 1. The molecule has 158 valence electrons. The second-order valence-electron chi connectivity index (χ2n) is 7.62. The van der Waals surface area contributed by atoms with Crippen molar-refractivity contribution in [2.75, 3.05) is 5.32 Å². The van der Waals surface area contributed by atoms with Gasteiger partial charge in [0.05, 0.1) is 18.4 Å². The smallest absolute Gasteiger partial charge is 0.230 e. The Bertz CT molecular complexity index is 1480. The van der Waals surface area contributed by atoms with Crippen molar-refractivity contribution in [1.82, 2.24) is 0 Å². The molecule has 0 saturated carbocycles. The number of ketones is 1. The van der Waals surface area contributed by atoms with Crippen LogP contribution in [0.5, 0.6) is 0 Å². The van der Waals surface area contributed by atoms with Crippen LogP contribution in [-0.4, -0.2) is 11.7 Å². The van der Waals surface area contributed by atoms with Gasteiger partial charge in [-0.05, 0) is 55.0 Å². The third kappa shape index (κ3) is 3.74. The fourth-order valence-electron chi connectivity index (χ4n) is 3.75. The number of nitrogens with one attached hydrogen (secondary N) is 1. The zero-order valence-corrected chi connectivity index (χ0v) is 18.7. The molecular weight excluding hydrogens is 470 g/mol. The van der Waals surface area contributed by atoms with Gasteiger partial charge in [-0.3, -0.25) is 9.59 Å². The molecule has 5 nitrogen and oxygen atoms in total. The molecule has 1 amide bonds. The number of halogens is 1. The van der Waals surface area contributed by atoms with Gasteiger partial charge in [0.15, 0.2) is 5.76 Å². The van der Waals surface area contributed by atoms with Crippen molar-refractivity contribution in [1.29, 1.82) is 0 Å². The van der Waals surface area contributed by atoms with E-state index >= 15 is 0 Å². The molecule has 1 N–H and O–H groups in total. The molecule has 2 aromatic heterocycles. The maximum atomic E-state index is 13.2. The number of carbonyl (C=O) groups excluding carboxylic acids is 2. The van der Waals surface area contributed by atoms with Gasteiger partial charge in [-0.25, -0.2) is 0 Å². The van der Waals surface area contributed by atoms with E-state index in [2.05, 4.69) is 21.2 Å². The molecule has 6 heteroatoms. The fraction of sp³-hybridized carbons (Fsp3) is 0.0769. The number of carbonyl (C=O) groups is 2. The molecule has 0 unspecified atom stereocenters. The summed E-state index contributed by atoms with van der Waals surface area (Å²) in [5, 5.41) is 4.48. The monoisotopic (exact) mass is 487 g/mol. The van der Waals surface area contributed by atoms with Crippen LogP contribution >= 0.6 is 15.9 Å². The van der Waals surface area contributed by atoms with Gasteiger partial charge in [0.1, 0.15) is 11.2 Å². The van der Waals surface area contributed by atoms with Gasteiger partial charge in [0, 0.05) is 26.4 Å². The topological polar surface area (TPSA) is 72.5 Å². The van der Waals surface area contributed by atoms with Crippen LogP contribution in [0.15, 0.2) is 86.3 Å². The van der Waals surface area contributed by atoms with E-state index in [-0.39, 0.29) is 23.9 Å². The highest BCUT2D eigenvalue weighted by atomic mass is 79.9. The predicted octanol–water partition coefficient (Wildman–Crippen LogP) is 6.66. The number of rotatable bonds is 5. The lowest BCUT2D eigenvalue weighted by atomic mass is 10.1. The van der Waals surface area contributed by atoms with Crippen molar-refractivity contribution in [3.05, 3.63) is 99.9 Å². The van der Waals surface area contributed by atoms with E-state index in [0.717, 1.165) is 26.6 Å². The first-order valence-corrected chi connectivity index (χ1v) is 10.9. The zero-order chi connectivity index (χ0) is 22.2. The molecule has 3 aromatic carbocycles. The van der Waals surface area contributed by atoms with Crippen molar-refractivity contribution < 1.29 is 18.4 Å². The maximum absolute atomic E-state index is 13.2. The van der Waals surface area contributed by atoms with Gasteiger partial charge < -0.3 is 14.2 Å². The molecule has 0 aliphatic rings. The van der Waals surface area contributed by atoms with E-state index in [1.165, 1.54) is 0 Å². The van der Waals surface area contributed by atoms with E-state index in [1.807, 2.05) is 43.3 Å². The molecule has 0 aliphatic heterocycles. The summed E-state index contributed by atoms with van der Waals surface area (Å²) < 4.78 is 12.3. The summed E-state index contributed by atoms with van der Waals surface area (Å²) in [7, 11) is 0.